The first kappa shape index (κ1) is 12.7. The number of halogens is 1. The summed E-state index contributed by atoms with van der Waals surface area (Å²) in [6, 6.07) is 11.9. The molecule has 0 bridgehead atoms. The van der Waals surface area contributed by atoms with Gasteiger partial charge in [-0.3, -0.25) is 9.97 Å². The Hall–Kier alpha value is -2.33. The summed E-state index contributed by atoms with van der Waals surface area (Å²) in [5.41, 5.74) is 9.15. The van der Waals surface area contributed by atoms with Crippen molar-refractivity contribution in [1.82, 2.24) is 9.97 Å². The van der Waals surface area contributed by atoms with E-state index in [1.54, 1.807) is 12.3 Å². The maximum atomic E-state index is 13.4. The number of nitrogens with two attached hydrogens (primary N) is 1. The molecule has 3 nitrogen and oxygen atoms in total. The van der Waals surface area contributed by atoms with E-state index in [2.05, 4.69) is 9.97 Å². The van der Waals surface area contributed by atoms with Crippen LogP contribution in [0.2, 0.25) is 0 Å². The van der Waals surface area contributed by atoms with E-state index in [0.29, 0.717) is 0 Å². The van der Waals surface area contributed by atoms with Crippen molar-refractivity contribution in [1.29, 1.82) is 0 Å². The minimum Gasteiger partial charge on any atom is -0.323 e. The number of fused-ring (bicyclic) bond motifs is 1. The van der Waals surface area contributed by atoms with E-state index in [4.69, 9.17) is 5.73 Å². The van der Waals surface area contributed by atoms with Gasteiger partial charge in [-0.1, -0.05) is 6.07 Å². The Bertz CT molecular complexity index is 754. The summed E-state index contributed by atoms with van der Waals surface area (Å²) < 4.78 is 13.4. The predicted octanol–water partition coefficient (Wildman–Crippen LogP) is 3.46. The average molecular weight is 267 g/mol. The van der Waals surface area contributed by atoms with E-state index >= 15 is 0 Å². The molecule has 0 saturated heterocycles. The third-order valence-electron chi connectivity index (χ3n) is 3.18. The summed E-state index contributed by atoms with van der Waals surface area (Å²) in [4.78, 5) is 8.89. The first-order chi connectivity index (χ1) is 9.65. The van der Waals surface area contributed by atoms with Gasteiger partial charge in [0, 0.05) is 23.2 Å². The Morgan fingerprint density at radius 1 is 1.15 bits per heavy atom. The van der Waals surface area contributed by atoms with Crippen LogP contribution in [0, 0.1) is 5.82 Å². The second-order valence-corrected chi connectivity index (χ2v) is 4.76. The quantitative estimate of drug-likeness (QED) is 0.773. The summed E-state index contributed by atoms with van der Waals surface area (Å²) in [5.74, 6) is -0.278. The predicted molar refractivity (Wildman–Crippen MR) is 77.5 cm³/mol. The number of nitrogens with zero attached hydrogens (tertiary/aromatic N) is 2. The number of hydrogen-bond donors (Lipinski definition) is 1. The highest BCUT2D eigenvalue weighted by molar-refractivity contribution is 5.84. The Morgan fingerprint density at radius 2 is 2.00 bits per heavy atom. The molecule has 0 aliphatic carbocycles. The highest BCUT2D eigenvalue weighted by atomic mass is 19.1. The molecule has 0 aliphatic heterocycles. The van der Waals surface area contributed by atoms with E-state index in [1.807, 2.05) is 31.2 Å². The molecule has 0 unspecified atom stereocenters. The minimum atomic E-state index is -0.278. The van der Waals surface area contributed by atoms with Crippen LogP contribution >= 0.6 is 0 Å². The van der Waals surface area contributed by atoms with E-state index in [9.17, 15) is 4.39 Å². The number of aromatic nitrogens is 2. The minimum absolute atomic E-state index is 0.221. The highest BCUT2D eigenvalue weighted by Crippen LogP contribution is 2.28. The van der Waals surface area contributed by atoms with Crippen molar-refractivity contribution in [2.45, 2.75) is 13.0 Å². The molecular formula is C16H14FN3. The van der Waals surface area contributed by atoms with Crippen molar-refractivity contribution in [2.75, 3.05) is 0 Å². The number of hydrogen-bond acceptors (Lipinski definition) is 3. The molecule has 2 aromatic heterocycles. The summed E-state index contributed by atoms with van der Waals surface area (Å²) in [7, 11) is 0. The Morgan fingerprint density at radius 3 is 2.70 bits per heavy atom. The van der Waals surface area contributed by atoms with Gasteiger partial charge in [-0.15, -0.1) is 0 Å². The van der Waals surface area contributed by atoms with Gasteiger partial charge in [-0.25, -0.2) is 4.39 Å². The topological polar surface area (TPSA) is 51.8 Å². The van der Waals surface area contributed by atoms with Crippen LogP contribution in [-0.4, -0.2) is 9.97 Å². The largest absolute Gasteiger partial charge is 0.323 e. The van der Waals surface area contributed by atoms with Gasteiger partial charge in [0.25, 0.3) is 0 Å². The molecular weight excluding hydrogens is 253 g/mol. The van der Waals surface area contributed by atoms with Gasteiger partial charge in [0.15, 0.2) is 0 Å². The van der Waals surface area contributed by atoms with Gasteiger partial charge in [-0.05, 0) is 43.3 Å². The van der Waals surface area contributed by atoms with Crippen LogP contribution in [-0.2, 0) is 0 Å². The molecule has 1 aromatic carbocycles. The van der Waals surface area contributed by atoms with Gasteiger partial charge in [0.05, 0.1) is 16.9 Å². The lowest BCUT2D eigenvalue weighted by Gasteiger charge is -2.13. The monoisotopic (exact) mass is 267 g/mol. The molecule has 2 N–H and O–H groups in total. The van der Waals surface area contributed by atoms with Gasteiger partial charge in [0.1, 0.15) is 5.82 Å². The van der Waals surface area contributed by atoms with Crippen molar-refractivity contribution in [3.8, 4) is 11.3 Å². The van der Waals surface area contributed by atoms with Gasteiger partial charge in [0.2, 0.25) is 0 Å². The molecule has 2 heterocycles. The zero-order valence-corrected chi connectivity index (χ0v) is 11.0. The molecule has 1 atom stereocenters. The van der Waals surface area contributed by atoms with Gasteiger partial charge < -0.3 is 5.73 Å². The summed E-state index contributed by atoms with van der Waals surface area (Å²) in [6.07, 6.45) is 1.72. The average Bonchev–Trinajstić information content (AvgIpc) is 2.46. The van der Waals surface area contributed by atoms with Crippen LogP contribution in [0.5, 0.6) is 0 Å². The van der Waals surface area contributed by atoms with Crippen LogP contribution in [0.4, 0.5) is 4.39 Å². The standard InChI is InChI=1S/C16H14FN3/c1-10(18)16-13(15-4-2-3-7-19-15)9-11-8-12(17)5-6-14(11)20-16/h2-10H,18H2,1H3/t10-/m0/s1. The molecule has 4 heteroatoms. The number of rotatable bonds is 2. The van der Waals surface area contributed by atoms with Crippen molar-refractivity contribution in [3.63, 3.8) is 0 Å². The lowest BCUT2D eigenvalue weighted by atomic mass is 10.0. The first-order valence-corrected chi connectivity index (χ1v) is 6.42. The molecule has 0 amide bonds. The van der Waals surface area contributed by atoms with E-state index in [1.165, 1.54) is 12.1 Å². The smallest absolute Gasteiger partial charge is 0.123 e. The second-order valence-electron chi connectivity index (χ2n) is 4.76. The van der Waals surface area contributed by atoms with Crippen LogP contribution in [0.1, 0.15) is 18.7 Å². The van der Waals surface area contributed by atoms with Crippen molar-refractivity contribution < 1.29 is 4.39 Å². The Balaban J connectivity index is 2.30. The normalized spacial score (nSPS) is 12.6. The van der Waals surface area contributed by atoms with Crippen molar-refractivity contribution in [2.24, 2.45) is 5.73 Å². The fraction of sp³-hybridized carbons (Fsp3) is 0.125. The first-order valence-electron chi connectivity index (χ1n) is 6.42. The van der Waals surface area contributed by atoms with Gasteiger partial charge in [-0.2, -0.15) is 0 Å². The maximum Gasteiger partial charge on any atom is 0.123 e. The third kappa shape index (κ3) is 2.26. The fourth-order valence-electron chi connectivity index (χ4n) is 2.24. The molecule has 3 rings (SSSR count). The molecule has 0 spiro atoms. The number of benzene rings is 1. The summed E-state index contributed by atoms with van der Waals surface area (Å²) in [6.45, 7) is 1.88. The lowest BCUT2D eigenvalue weighted by molar-refractivity contribution is 0.629. The second kappa shape index (κ2) is 4.98. The molecule has 0 fully saturated rings. The van der Waals surface area contributed by atoms with Crippen LogP contribution < -0.4 is 5.73 Å². The van der Waals surface area contributed by atoms with E-state index in [0.717, 1.165) is 27.9 Å². The zero-order chi connectivity index (χ0) is 14.1. The van der Waals surface area contributed by atoms with E-state index in [-0.39, 0.29) is 11.9 Å². The molecule has 0 saturated carbocycles. The van der Waals surface area contributed by atoms with Crippen LogP contribution in [0.15, 0.2) is 48.7 Å². The molecule has 0 aliphatic rings. The molecule has 0 radical (unpaired) electrons. The summed E-state index contributed by atoms with van der Waals surface area (Å²) in [5, 5.41) is 0.745. The van der Waals surface area contributed by atoms with E-state index < -0.39 is 0 Å². The highest BCUT2D eigenvalue weighted by Gasteiger charge is 2.13. The molecule has 20 heavy (non-hydrogen) atoms. The Labute approximate surface area is 116 Å². The summed E-state index contributed by atoms with van der Waals surface area (Å²) >= 11 is 0. The lowest BCUT2D eigenvalue weighted by Crippen LogP contribution is -2.09. The molecule has 3 aromatic rings. The SMILES string of the molecule is C[C@H](N)c1nc2ccc(F)cc2cc1-c1ccccn1. The van der Waals surface area contributed by atoms with Crippen molar-refractivity contribution >= 4 is 10.9 Å². The van der Waals surface area contributed by atoms with Crippen LogP contribution in [0.25, 0.3) is 22.2 Å². The maximum absolute atomic E-state index is 13.4. The fourth-order valence-corrected chi connectivity index (χ4v) is 2.24. The number of pyridine rings is 2. The van der Waals surface area contributed by atoms with Crippen LogP contribution in [0.3, 0.4) is 0 Å². The van der Waals surface area contributed by atoms with Gasteiger partial charge >= 0.3 is 0 Å². The Kier molecular flexibility index (Phi) is 3.16. The van der Waals surface area contributed by atoms with Crippen molar-refractivity contribution in [3.05, 3.63) is 60.2 Å². The molecule has 100 valence electrons. The third-order valence-corrected chi connectivity index (χ3v) is 3.18. The zero-order valence-electron chi connectivity index (χ0n) is 11.0.